The van der Waals surface area contributed by atoms with E-state index in [0.29, 0.717) is 11.7 Å². The number of nitrogens with zero attached hydrogens (tertiary/aromatic N) is 2. The van der Waals surface area contributed by atoms with E-state index in [0.717, 1.165) is 42.5 Å². The first-order valence-electron chi connectivity index (χ1n) is 6.09. The van der Waals surface area contributed by atoms with E-state index >= 15 is 0 Å². The molecule has 2 atom stereocenters. The van der Waals surface area contributed by atoms with Crippen molar-refractivity contribution >= 4 is 27.6 Å². The fraction of sp³-hybridized carbons (Fsp3) is 0.636. The largest absolute Gasteiger partial charge is 0.393 e. The second-order valence-corrected chi connectivity index (χ2v) is 5.39. The Balaban J connectivity index is 1.93. The van der Waals surface area contributed by atoms with E-state index in [1.165, 1.54) is 6.33 Å². The average Bonchev–Trinajstić information content (AvgIpc) is 2.38. The molecule has 1 aromatic heterocycles. The van der Waals surface area contributed by atoms with Crippen molar-refractivity contribution < 1.29 is 5.11 Å². The number of aliphatic hydroxyl groups is 1. The molecule has 0 aliphatic heterocycles. The van der Waals surface area contributed by atoms with E-state index in [4.69, 9.17) is 5.84 Å². The van der Waals surface area contributed by atoms with Crippen LogP contribution >= 0.6 is 15.9 Å². The third kappa shape index (κ3) is 3.30. The number of hydrazine groups is 1. The summed E-state index contributed by atoms with van der Waals surface area (Å²) in [5, 5.41) is 12.9. The summed E-state index contributed by atoms with van der Waals surface area (Å²) in [6.45, 7) is 0.802. The van der Waals surface area contributed by atoms with Gasteiger partial charge in [0.2, 0.25) is 0 Å². The quantitative estimate of drug-likeness (QED) is 0.496. The normalized spacial score (nSPS) is 23.7. The molecule has 0 aromatic carbocycles. The zero-order valence-electron chi connectivity index (χ0n) is 10.1. The zero-order chi connectivity index (χ0) is 13.0. The molecule has 0 spiro atoms. The summed E-state index contributed by atoms with van der Waals surface area (Å²) >= 11 is 3.40. The molecule has 18 heavy (non-hydrogen) atoms. The molecule has 6 nitrogen and oxygen atoms in total. The average molecular weight is 316 g/mol. The van der Waals surface area contributed by atoms with Gasteiger partial charge in [-0.1, -0.05) is 6.42 Å². The summed E-state index contributed by atoms with van der Waals surface area (Å²) in [7, 11) is 0. The van der Waals surface area contributed by atoms with Crippen LogP contribution in [0.25, 0.3) is 0 Å². The van der Waals surface area contributed by atoms with Crippen molar-refractivity contribution in [3.63, 3.8) is 0 Å². The molecule has 5 N–H and O–H groups in total. The van der Waals surface area contributed by atoms with Crippen molar-refractivity contribution in [2.24, 2.45) is 11.8 Å². The first kappa shape index (κ1) is 13.5. The topological polar surface area (TPSA) is 96.1 Å². The highest BCUT2D eigenvalue weighted by Gasteiger charge is 2.20. The number of nitrogens with two attached hydrogens (primary N) is 1. The minimum Gasteiger partial charge on any atom is -0.393 e. The second kappa shape index (κ2) is 6.31. The van der Waals surface area contributed by atoms with Crippen LogP contribution in [-0.2, 0) is 0 Å². The van der Waals surface area contributed by atoms with Gasteiger partial charge in [0.25, 0.3) is 0 Å². The molecule has 2 rings (SSSR count). The Morgan fingerprint density at radius 1 is 1.39 bits per heavy atom. The van der Waals surface area contributed by atoms with Crippen LogP contribution in [0.3, 0.4) is 0 Å². The van der Waals surface area contributed by atoms with E-state index in [-0.39, 0.29) is 6.10 Å². The lowest BCUT2D eigenvalue weighted by Gasteiger charge is -2.26. The van der Waals surface area contributed by atoms with Crippen molar-refractivity contribution in [3.8, 4) is 0 Å². The third-order valence-electron chi connectivity index (χ3n) is 3.24. The Morgan fingerprint density at radius 3 is 2.89 bits per heavy atom. The van der Waals surface area contributed by atoms with Gasteiger partial charge in [0.15, 0.2) is 5.82 Å². The van der Waals surface area contributed by atoms with Crippen LogP contribution in [0.15, 0.2) is 10.8 Å². The second-order valence-electron chi connectivity index (χ2n) is 4.60. The fourth-order valence-electron chi connectivity index (χ4n) is 2.28. The number of halogens is 1. The van der Waals surface area contributed by atoms with Crippen LogP contribution in [-0.4, -0.2) is 27.7 Å². The number of aromatic nitrogens is 2. The molecule has 1 fully saturated rings. The number of hydrogen-bond acceptors (Lipinski definition) is 6. The predicted molar refractivity (Wildman–Crippen MR) is 74.0 cm³/mol. The molecule has 1 saturated carbocycles. The molecule has 2 unspecified atom stereocenters. The van der Waals surface area contributed by atoms with Gasteiger partial charge in [0.1, 0.15) is 16.6 Å². The molecule has 1 aliphatic rings. The number of nitrogen functional groups attached to an aromatic ring is 1. The zero-order valence-corrected chi connectivity index (χ0v) is 11.7. The maximum atomic E-state index is 9.62. The SMILES string of the molecule is NNc1ncnc(NCC2CCCC(O)C2)c1Br. The molecular weight excluding hydrogens is 298 g/mol. The summed E-state index contributed by atoms with van der Waals surface area (Å²) < 4.78 is 0.726. The summed E-state index contributed by atoms with van der Waals surface area (Å²) in [5.41, 5.74) is 2.50. The maximum absolute atomic E-state index is 9.62. The van der Waals surface area contributed by atoms with Gasteiger partial charge in [-0.25, -0.2) is 15.8 Å². The Bertz CT molecular complexity index is 403. The van der Waals surface area contributed by atoms with E-state index in [1.54, 1.807) is 0 Å². The lowest BCUT2D eigenvalue weighted by molar-refractivity contribution is 0.104. The van der Waals surface area contributed by atoms with Crippen LogP contribution in [0, 0.1) is 5.92 Å². The van der Waals surface area contributed by atoms with Gasteiger partial charge in [-0.15, -0.1) is 0 Å². The maximum Gasteiger partial charge on any atom is 0.159 e. The lowest BCUT2D eigenvalue weighted by Crippen LogP contribution is -2.25. The van der Waals surface area contributed by atoms with Crippen molar-refractivity contribution in [3.05, 3.63) is 10.8 Å². The van der Waals surface area contributed by atoms with Crippen LogP contribution in [0.4, 0.5) is 11.6 Å². The standard InChI is InChI=1S/C11H18BrN5O/c12-9-10(15-6-16-11(9)17-13)14-5-7-2-1-3-8(18)4-7/h6-8,18H,1-5,13H2,(H2,14,15,16,17). The minimum atomic E-state index is -0.152. The van der Waals surface area contributed by atoms with Crippen molar-refractivity contribution in [1.29, 1.82) is 0 Å². The monoisotopic (exact) mass is 315 g/mol. The number of hydrogen-bond donors (Lipinski definition) is 4. The summed E-state index contributed by atoms with van der Waals surface area (Å²) in [5.74, 6) is 7.11. The number of aliphatic hydroxyl groups excluding tert-OH is 1. The summed E-state index contributed by atoms with van der Waals surface area (Å²) in [6.07, 6.45) is 5.33. The predicted octanol–water partition coefficient (Wildman–Crippen LogP) is 1.49. The Hall–Kier alpha value is -0.920. The molecule has 1 aromatic rings. The van der Waals surface area contributed by atoms with Crippen molar-refractivity contribution in [2.75, 3.05) is 17.3 Å². The molecule has 100 valence electrons. The van der Waals surface area contributed by atoms with Crippen molar-refractivity contribution in [2.45, 2.75) is 31.8 Å². The third-order valence-corrected chi connectivity index (χ3v) is 3.99. The summed E-state index contributed by atoms with van der Waals surface area (Å²) in [6, 6.07) is 0. The molecular formula is C11H18BrN5O. The first-order chi connectivity index (χ1) is 8.70. The van der Waals surface area contributed by atoms with Gasteiger partial charge < -0.3 is 15.8 Å². The Morgan fingerprint density at radius 2 is 2.17 bits per heavy atom. The number of anilines is 2. The van der Waals surface area contributed by atoms with E-state index in [1.807, 2.05) is 0 Å². The molecule has 0 amide bonds. The number of rotatable bonds is 4. The summed E-state index contributed by atoms with van der Waals surface area (Å²) in [4.78, 5) is 8.15. The van der Waals surface area contributed by atoms with E-state index < -0.39 is 0 Å². The van der Waals surface area contributed by atoms with Crippen LogP contribution < -0.4 is 16.6 Å². The Kier molecular flexibility index (Phi) is 4.73. The first-order valence-corrected chi connectivity index (χ1v) is 6.89. The molecule has 1 aliphatic carbocycles. The fourth-order valence-corrected chi connectivity index (χ4v) is 2.74. The molecule has 0 saturated heterocycles. The highest BCUT2D eigenvalue weighted by atomic mass is 79.9. The molecule has 7 heteroatoms. The van der Waals surface area contributed by atoms with Gasteiger partial charge >= 0.3 is 0 Å². The lowest BCUT2D eigenvalue weighted by atomic mass is 9.87. The van der Waals surface area contributed by atoms with E-state index in [9.17, 15) is 5.11 Å². The number of nitrogens with one attached hydrogen (secondary N) is 2. The highest BCUT2D eigenvalue weighted by Crippen LogP contribution is 2.28. The molecule has 1 heterocycles. The molecule has 0 radical (unpaired) electrons. The van der Waals surface area contributed by atoms with Crippen molar-refractivity contribution in [1.82, 2.24) is 9.97 Å². The van der Waals surface area contributed by atoms with Gasteiger partial charge in [-0.2, -0.15) is 0 Å². The van der Waals surface area contributed by atoms with Gasteiger partial charge in [-0.05, 0) is 41.1 Å². The van der Waals surface area contributed by atoms with Gasteiger partial charge in [0.05, 0.1) is 6.10 Å². The van der Waals surface area contributed by atoms with E-state index in [2.05, 4.69) is 36.6 Å². The Labute approximate surface area is 114 Å². The van der Waals surface area contributed by atoms with Gasteiger partial charge in [-0.3, -0.25) is 0 Å². The van der Waals surface area contributed by atoms with Gasteiger partial charge in [0, 0.05) is 6.54 Å². The molecule has 0 bridgehead atoms. The van der Waals surface area contributed by atoms with Crippen LogP contribution in [0.1, 0.15) is 25.7 Å². The minimum absolute atomic E-state index is 0.152. The highest BCUT2D eigenvalue weighted by molar-refractivity contribution is 9.10. The smallest absolute Gasteiger partial charge is 0.159 e. The van der Waals surface area contributed by atoms with Crippen LogP contribution in [0.2, 0.25) is 0 Å². The van der Waals surface area contributed by atoms with Crippen LogP contribution in [0.5, 0.6) is 0 Å².